The molecule has 0 heterocycles. The van der Waals surface area contributed by atoms with Gasteiger partial charge in [-0.15, -0.1) is 0 Å². The first-order valence-corrected chi connectivity index (χ1v) is 5.64. The van der Waals surface area contributed by atoms with Gasteiger partial charge in [0.05, 0.1) is 23.1 Å². The van der Waals surface area contributed by atoms with Crippen LogP contribution in [0.2, 0.25) is 0 Å². The minimum atomic E-state index is -0.226. The number of amides is 1. The highest BCUT2D eigenvalue weighted by atomic mass is 79.9. The summed E-state index contributed by atoms with van der Waals surface area (Å²) in [6, 6.07) is 5.05. The molecule has 3 N–H and O–H groups in total. The van der Waals surface area contributed by atoms with Crippen LogP contribution in [-0.2, 0) is 0 Å². The topological polar surface area (TPSA) is 64.3 Å². The fourth-order valence-corrected chi connectivity index (χ4v) is 1.69. The molecule has 86 valence electrons. The molecule has 4 nitrogen and oxygen atoms in total. The van der Waals surface area contributed by atoms with E-state index in [1.54, 1.807) is 25.3 Å². The van der Waals surface area contributed by atoms with Crippen LogP contribution in [0.3, 0.4) is 0 Å². The lowest BCUT2D eigenvalue weighted by atomic mass is 10.2. The maximum Gasteiger partial charge on any atom is 0.251 e. The molecule has 1 amide bonds. The zero-order chi connectivity index (χ0) is 12.1. The van der Waals surface area contributed by atoms with E-state index in [1.165, 1.54) is 0 Å². The molecule has 1 rings (SSSR count). The van der Waals surface area contributed by atoms with Crippen molar-refractivity contribution in [3.63, 3.8) is 0 Å². The Kier molecular flexibility index (Phi) is 4.70. The third kappa shape index (κ3) is 3.46. The fraction of sp³-hybridized carbons (Fsp3) is 0.200. The van der Waals surface area contributed by atoms with Gasteiger partial charge in [-0.1, -0.05) is 12.2 Å². The van der Waals surface area contributed by atoms with Gasteiger partial charge in [-0.2, -0.15) is 0 Å². The third-order valence-corrected chi connectivity index (χ3v) is 2.60. The number of hydrogen-bond donors (Lipinski definition) is 2. The van der Waals surface area contributed by atoms with Crippen LogP contribution in [0.25, 0.3) is 0 Å². The lowest BCUT2D eigenvalue weighted by molar-refractivity contribution is 0.0959. The van der Waals surface area contributed by atoms with Crippen LogP contribution in [0, 0.1) is 0 Å². The largest absolute Gasteiger partial charge is 0.496 e. The molecule has 1 aromatic rings. The zero-order valence-corrected chi connectivity index (χ0v) is 11.0. The van der Waals surface area contributed by atoms with Gasteiger partial charge in [0.25, 0.3) is 5.91 Å². The van der Waals surface area contributed by atoms with Gasteiger partial charge in [-0.25, -0.2) is 0 Å². The molecule has 0 atom stereocenters. The highest BCUT2D eigenvalue weighted by Gasteiger charge is 2.08. The number of halogens is 1. The molecule has 0 spiro atoms. The average molecular weight is 303 g/mol. The van der Waals surface area contributed by atoms with Crippen molar-refractivity contribution in [2.24, 2.45) is 5.73 Å². The van der Waals surface area contributed by atoms with E-state index in [1.807, 2.05) is 0 Å². The maximum absolute atomic E-state index is 11.6. The Bertz CT molecular complexity index is 423. The van der Waals surface area contributed by atoms with Crippen molar-refractivity contribution in [3.8, 4) is 5.75 Å². The van der Waals surface area contributed by atoms with Crippen molar-refractivity contribution in [1.29, 1.82) is 0 Å². The van der Waals surface area contributed by atoms with Gasteiger partial charge in [0, 0.05) is 5.56 Å². The van der Waals surface area contributed by atoms with Gasteiger partial charge in [0.15, 0.2) is 0 Å². The standard InChI is InChI=1S/C10H11BrN2O2S/c1-15-8-3-2-6(4-7(8)11)10(14)13-5-9(12)16/h2-4H,5H2,1H3,(H2,12,16)(H,13,14). The molecular formula is C10H11BrN2O2S. The Labute approximate surface area is 107 Å². The average Bonchev–Trinajstić information content (AvgIpc) is 2.25. The number of methoxy groups -OCH3 is 1. The number of carbonyl (C=O) groups is 1. The normalized spacial score (nSPS) is 9.62. The van der Waals surface area contributed by atoms with Crippen LogP contribution >= 0.6 is 28.1 Å². The molecule has 0 aliphatic heterocycles. The first-order chi connectivity index (χ1) is 7.54. The Balaban J connectivity index is 2.77. The second-order valence-corrected chi connectivity index (χ2v) is 4.38. The van der Waals surface area contributed by atoms with E-state index in [9.17, 15) is 4.79 Å². The first-order valence-electron chi connectivity index (χ1n) is 4.44. The Morgan fingerprint density at radius 3 is 2.81 bits per heavy atom. The van der Waals surface area contributed by atoms with E-state index >= 15 is 0 Å². The highest BCUT2D eigenvalue weighted by molar-refractivity contribution is 9.10. The van der Waals surface area contributed by atoms with Crippen LogP contribution < -0.4 is 15.8 Å². The first kappa shape index (κ1) is 12.9. The zero-order valence-electron chi connectivity index (χ0n) is 8.62. The van der Waals surface area contributed by atoms with Gasteiger partial charge in [-0.3, -0.25) is 4.79 Å². The van der Waals surface area contributed by atoms with Crippen molar-refractivity contribution in [2.75, 3.05) is 13.7 Å². The van der Waals surface area contributed by atoms with E-state index < -0.39 is 0 Å². The van der Waals surface area contributed by atoms with Crippen molar-refractivity contribution in [3.05, 3.63) is 28.2 Å². The van der Waals surface area contributed by atoms with Crippen LogP contribution in [0.1, 0.15) is 10.4 Å². The van der Waals surface area contributed by atoms with Gasteiger partial charge >= 0.3 is 0 Å². The van der Waals surface area contributed by atoms with E-state index in [4.69, 9.17) is 10.5 Å². The highest BCUT2D eigenvalue weighted by Crippen LogP contribution is 2.25. The van der Waals surface area contributed by atoms with Gasteiger partial charge in [0.2, 0.25) is 0 Å². The molecule has 0 aromatic heterocycles. The summed E-state index contributed by atoms with van der Waals surface area (Å²) in [5, 5.41) is 2.60. The SMILES string of the molecule is COc1ccc(C(=O)NCC(N)=S)cc1Br. The number of carbonyl (C=O) groups excluding carboxylic acids is 1. The van der Waals surface area contributed by atoms with Crippen molar-refractivity contribution in [2.45, 2.75) is 0 Å². The lowest BCUT2D eigenvalue weighted by Crippen LogP contribution is -2.32. The van der Waals surface area contributed by atoms with E-state index in [2.05, 4.69) is 33.5 Å². The predicted octanol–water partition coefficient (Wildman–Crippen LogP) is 1.47. The van der Waals surface area contributed by atoms with Gasteiger partial charge in [0.1, 0.15) is 5.75 Å². The second kappa shape index (κ2) is 5.81. The molecule has 0 aliphatic carbocycles. The minimum absolute atomic E-state index is 0.192. The molecule has 0 unspecified atom stereocenters. The van der Waals surface area contributed by atoms with E-state index in [0.717, 1.165) is 4.47 Å². The summed E-state index contributed by atoms with van der Waals surface area (Å²) in [6.07, 6.45) is 0. The van der Waals surface area contributed by atoms with Crippen LogP contribution in [0.5, 0.6) is 5.75 Å². The number of hydrogen-bond acceptors (Lipinski definition) is 3. The summed E-state index contributed by atoms with van der Waals surface area (Å²) < 4.78 is 5.78. The molecule has 1 aromatic carbocycles. The van der Waals surface area contributed by atoms with Gasteiger partial charge < -0.3 is 15.8 Å². The van der Waals surface area contributed by atoms with Crippen LogP contribution in [-0.4, -0.2) is 24.6 Å². The van der Waals surface area contributed by atoms with Gasteiger partial charge in [-0.05, 0) is 34.1 Å². The fourth-order valence-electron chi connectivity index (χ4n) is 1.08. The molecule has 0 bridgehead atoms. The number of benzene rings is 1. The number of rotatable bonds is 4. The summed E-state index contributed by atoms with van der Waals surface area (Å²) in [4.78, 5) is 11.9. The molecule has 0 fully saturated rings. The molecule has 0 saturated carbocycles. The summed E-state index contributed by atoms with van der Waals surface area (Å²) in [7, 11) is 1.56. The molecule has 6 heteroatoms. The summed E-state index contributed by atoms with van der Waals surface area (Å²) in [5.74, 6) is 0.446. The monoisotopic (exact) mass is 302 g/mol. The van der Waals surface area contributed by atoms with Crippen molar-refractivity contribution in [1.82, 2.24) is 5.32 Å². The van der Waals surface area contributed by atoms with Crippen LogP contribution in [0.15, 0.2) is 22.7 Å². The molecule has 16 heavy (non-hydrogen) atoms. The molecular weight excluding hydrogens is 292 g/mol. The van der Waals surface area contributed by atoms with E-state index in [-0.39, 0.29) is 17.4 Å². The Morgan fingerprint density at radius 1 is 1.62 bits per heavy atom. The molecule has 0 saturated heterocycles. The Hall–Kier alpha value is -1.14. The second-order valence-electron chi connectivity index (χ2n) is 3.00. The van der Waals surface area contributed by atoms with E-state index in [0.29, 0.717) is 11.3 Å². The van der Waals surface area contributed by atoms with Crippen LogP contribution in [0.4, 0.5) is 0 Å². The summed E-state index contributed by atoms with van der Waals surface area (Å²) >= 11 is 7.96. The number of ether oxygens (including phenoxy) is 1. The lowest BCUT2D eigenvalue weighted by Gasteiger charge is -2.06. The number of nitrogens with one attached hydrogen (secondary N) is 1. The Morgan fingerprint density at radius 2 is 2.31 bits per heavy atom. The third-order valence-electron chi connectivity index (χ3n) is 1.84. The van der Waals surface area contributed by atoms with Crippen molar-refractivity contribution >= 4 is 39.0 Å². The molecule has 0 aliphatic rings. The summed E-state index contributed by atoms with van der Waals surface area (Å²) in [6.45, 7) is 0.192. The predicted molar refractivity (Wildman–Crippen MR) is 69.8 cm³/mol. The minimum Gasteiger partial charge on any atom is -0.496 e. The quantitative estimate of drug-likeness (QED) is 0.827. The number of thiocarbonyl (C=S) groups is 1. The van der Waals surface area contributed by atoms with Crippen molar-refractivity contribution < 1.29 is 9.53 Å². The molecule has 0 radical (unpaired) electrons. The maximum atomic E-state index is 11.6. The number of nitrogens with two attached hydrogens (primary N) is 1. The summed E-state index contributed by atoms with van der Waals surface area (Å²) in [5.41, 5.74) is 5.80. The smallest absolute Gasteiger partial charge is 0.251 e.